The zero-order valence-corrected chi connectivity index (χ0v) is 8.78. The van der Waals surface area contributed by atoms with Crippen molar-refractivity contribution in [3.05, 3.63) is 47.4 Å². The van der Waals surface area contributed by atoms with Gasteiger partial charge in [0.05, 0.1) is 16.4 Å². The third-order valence-corrected chi connectivity index (χ3v) is 2.36. The molecular weight excluding hydrogens is 210 g/mol. The summed E-state index contributed by atoms with van der Waals surface area (Å²) in [6, 6.07) is 7.38. The Hall–Kier alpha value is -1.45. The van der Waals surface area contributed by atoms with Gasteiger partial charge in [0.15, 0.2) is 0 Å². The maximum atomic E-state index is 6.04. The molecule has 4 heteroatoms. The quantitative estimate of drug-likeness (QED) is 0.843. The molecule has 0 fully saturated rings. The third-order valence-electron chi connectivity index (χ3n) is 2.06. The second-order valence-corrected chi connectivity index (χ2v) is 3.48. The second kappa shape index (κ2) is 4.38. The Balaban J connectivity index is 2.49. The minimum Gasteiger partial charge on any atom is -0.325 e. The van der Waals surface area contributed by atoms with Crippen molar-refractivity contribution in [2.45, 2.75) is 6.54 Å². The van der Waals surface area contributed by atoms with Gasteiger partial charge in [-0.05, 0) is 24.3 Å². The Morgan fingerprint density at radius 3 is 2.80 bits per heavy atom. The van der Waals surface area contributed by atoms with E-state index in [2.05, 4.69) is 9.97 Å². The summed E-state index contributed by atoms with van der Waals surface area (Å²) in [7, 11) is 0. The Morgan fingerprint density at radius 2 is 2.07 bits per heavy atom. The topological polar surface area (TPSA) is 51.8 Å². The monoisotopic (exact) mass is 219 g/mol. The molecule has 0 atom stereocenters. The van der Waals surface area contributed by atoms with E-state index in [4.69, 9.17) is 17.3 Å². The standard InChI is InChI=1S/C11H10ClN3/c12-10-2-1-4-15-11(10)8-3-5-14-9(6-8)7-13/h1-6H,7,13H2. The highest BCUT2D eigenvalue weighted by molar-refractivity contribution is 6.33. The lowest BCUT2D eigenvalue weighted by molar-refractivity contribution is 0.991. The minimum atomic E-state index is 0.415. The van der Waals surface area contributed by atoms with Gasteiger partial charge in [-0.25, -0.2) is 0 Å². The first-order valence-corrected chi connectivity index (χ1v) is 4.95. The van der Waals surface area contributed by atoms with Crippen LogP contribution in [0.4, 0.5) is 0 Å². The van der Waals surface area contributed by atoms with Crippen molar-refractivity contribution in [3.63, 3.8) is 0 Å². The minimum absolute atomic E-state index is 0.415. The summed E-state index contributed by atoms with van der Waals surface area (Å²) in [5, 5.41) is 0.631. The molecule has 2 rings (SSSR count). The van der Waals surface area contributed by atoms with Gasteiger partial charge in [0, 0.05) is 24.5 Å². The molecule has 0 aliphatic carbocycles. The van der Waals surface area contributed by atoms with Gasteiger partial charge in [-0.2, -0.15) is 0 Å². The van der Waals surface area contributed by atoms with E-state index in [0.29, 0.717) is 11.6 Å². The number of nitrogens with zero attached hydrogens (tertiary/aromatic N) is 2. The van der Waals surface area contributed by atoms with Crippen LogP contribution < -0.4 is 5.73 Å². The Labute approximate surface area is 92.9 Å². The van der Waals surface area contributed by atoms with Crippen LogP contribution in [0.3, 0.4) is 0 Å². The van der Waals surface area contributed by atoms with Gasteiger partial charge in [-0.3, -0.25) is 9.97 Å². The van der Waals surface area contributed by atoms with E-state index in [1.54, 1.807) is 18.5 Å². The molecule has 0 radical (unpaired) electrons. The molecule has 0 saturated carbocycles. The van der Waals surface area contributed by atoms with Crippen LogP contribution >= 0.6 is 11.6 Å². The first-order chi connectivity index (χ1) is 7.31. The highest BCUT2D eigenvalue weighted by Gasteiger charge is 2.04. The zero-order chi connectivity index (χ0) is 10.7. The van der Waals surface area contributed by atoms with E-state index >= 15 is 0 Å². The molecular formula is C11H10ClN3. The predicted octanol–water partition coefficient (Wildman–Crippen LogP) is 2.26. The van der Waals surface area contributed by atoms with E-state index in [9.17, 15) is 0 Å². The summed E-state index contributed by atoms with van der Waals surface area (Å²) in [4.78, 5) is 8.34. The molecule has 0 unspecified atom stereocenters. The van der Waals surface area contributed by atoms with Crippen LogP contribution in [0.5, 0.6) is 0 Å². The molecule has 15 heavy (non-hydrogen) atoms. The fraction of sp³-hybridized carbons (Fsp3) is 0.0909. The molecule has 0 aliphatic rings. The van der Waals surface area contributed by atoms with Gasteiger partial charge in [0.2, 0.25) is 0 Å². The second-order valence-electron chi connectivity index (χ2n) is 3.07. The summed E-state index contributed by atoms with van der Waals surface area (Å²) in [5.74, 6) is 0. The van der Waals surface area contributed by atoms with Crippen molar-refractivity contribution in [2.75, 3.05) is 0 Å². The van der Waals surface area contributed by atoms with Crippen molar-refractivity contribution < 1.29 is 0 Å². The van der Waals surface area contributed by atoms with Crippen LogP contribution in [-0.4, -0.2) is 9.97 Å². The highest BCUT2D eigenvalue weighted by atomic mass is 35.5. The third kappa shape index (κ3) is 2.14. The fourth-order valence-corrected chi connectivity index (χ4v) is 1.57. The average molecular weight is 220 g/mol. The average Bonchev–Trinajstić information content (AvgIpc) is 2.30. The van der Waals surface area contributed by atoms with E-state index in [0.717, 1.165) is 17.0 Å². The largest absolute Gasteiger partial charge is 0.325 e. The number of aromatic nitrogens is 2. The van der Waals surface area contributed by atoms with Crippen molar-refractivity contribution >= 4 is 11.6 Å². The molecule has 3 nitrogen and oxygen atoms in total. The lowest BCUT2D eigenvalue weighted by atomic mass is 10.1. The molecule has 0 bridgehead atoms. The van der Waals surface area contributed by atoms with Gasteiger partial charge >= 0.3 is 0 Å². The van der Waals surface area contributed by atoms with Crippen molar-refractivity contribution in [1.29, 1.82) is 0 Å². The van der Waals surface area contributed by atoms with Gasteiger partial charge in [-0.1, -0.05) is 11.6 Å². The summed E-state index contributed by atoms with van der Waals surface area (Å²) in [5.41, 5.74) is 8.05. The smallest absolute Gasteiger partial charge is 0.0889 e. The summed E-state index contributed by atoms with van der Waals surface area (Å²) in [6.45, 7) is 0.415. The molecule has 0 spiro atoms. The van der Waals surface area contributed by atoms with Crippen molar-refractivity contribution in [3.8, 4) is 11.3 Å². The van der Waals surface area contributed by atoms with Gasteiger partial charge < -0.3 is 5.73 Å². The van der Waals surface area contributed by atoms with Crippen LogP contribution in [0.1, 0.15) is 5.69 Å². The van der Waals surface area contributed by atoms with Crippen LogP contribution in [0.25, 0.3) is 11.3 Å². The van der Waals surface area contributed by atoms with E-state index in [-0.39, 0.29) is 0 Å². The van der Waals surface area contributed by atoms with Crippen LogP contribution in [-0.2, 0) is 6.54 Å². The van der Waals surface area contributed by atoms with Crippen LogP contribution in [0, 0.1) is 0 Å². The maximum absolute atomic E-state index is 6.04. The first-order valence-electron chi connectivity index (χ1n) is 4.57. The van der Waals surface area contributed by atoms with Crippen LogP contribution in [0.15, 0.2) is 36.7 Å². The molecule has 0 amide bonds. The number of halogens is 1. The summed E-state index contributed by atoms with van der Waals surface area (Å²) in [6.07, 6.45) is 3.42. The Kier molecular flexibility index (Phi) is 2.94. The van der Waals surface area contributed by atoms with Crippen molar-refractivity contribution in [2.24, 2.45) is 5.73 Å². The summed E-state index contributed by atoms with van der Waals surface area (Å²) < 4.78 is 0. The molecule has 2 aromatic rings. The molecule has 0 saturated heterocycles. The summed E-state index contributed by atoms with van der Waals surface area (Å²) >= 11 is 6.04. The highest BCUT2D eigenvalue weighted by Crippen LogP contribution is 2.24. The SMILES string of the molecule is NCc1cc(-c2ncccc2Cl)ccn1. The van der Waals surface area contributed by atoms with Gasteiger partial charge in [0.25, 0.3) is 0 Å². The first kappa shape index (κ1) is 10.1. The van der Waals surface area contributed by atoms with Crippen molar-refractivity contribution in [1.82, 2.24) is 9.97 Å². The molecule has 76 valence electrons. The molecule has 2 N–H and O–H groups in total. The molecule has 0 aromatic carbocycles. The number of hydrogen-bond acceptors (Lipinski definition) is 3. The van der Waals surface area contributed by atoms with Gasteiger partial charge in [-0.15, -0.1) is 0 Å². The van der Waals surface area contributed by atoms with Gasteiger partial charge in [0.1, 0.15) is 0 Å². The van der Waals surface area contributed by atoms with Crippen LogP contribution in [0.2, 0.25) is 5.02 Å². The number of hydrogen-bond donors (Lipinski definition) is 1. The predicted molar refractivity (Wildman–Crippen MR) is 60.4 cm³/mol. The van der Waals surface area contributed by atoms with E-state index in [1.165, 1.54) is 0 Å². The van der Waals surface area contributed by atoms with E-state index < -0.39 is 0 Å². The molecule has 2 aromatic heterocycles. The Morgan fingerprint density at radius 1 is 1.20 bits per heavy atom. The molecule has 2 heterocycles. The fourth-order valence-electron chi connectivity index (χ4n) is 1.34. The number of pyridine rings is 2. The van der Waals surface area contributed by atoms with E-state index in [1.807, 2.05) is 18.2 Å². The normalized spacial score (nSPS) is 10.3. The molecule has 0 aliphatic heterocycles. The lowest BCUT2D eigenvalue weighted by Gasteiger charge is -2.03. The lowest BCUT2D eigenvalue weighted by Crippen LogP contribution is -1.99. The zero-order valence-electron chi connectivity index (χ0n) is 8.02. The Bertz CT molecular complexity index is 471. The number of rotatable bonds is 2. The maximum Gasteiger partial charge on any atom is 0.0889 e. The number of nitrogens with two attached hydrogens (primary N) is 1.